The van der Waals surface area contributed by atoms with E-state index in [9.17, 15) is 14.7 Å². The minimum atomic E-state index is -0.753. The van der Waals surface area contributed by atoms with Crippen molar-refractivity contribution in [3.63, 3.8) is 0 Å². The van der Waals surface area contributed by atoms with Crippen molar-refractivity contribution in [1.82, 2.24) is 10.4 Å². The van der Waals surface area contributed by atoms with Gasteiger partial charge in [0.1, 0.15) is 11.5 Å². The van der Waals surface area contributed by atoms with E-state index in [1.54, 1.807) is 14.1 Å². The van der Waals surface area contributed by atoms with Crippen LogP contribution in [0.3, 0.4) is 0 Å². The van der Waals surface area contributed by atoms with E-state index in [4.69, 9.17) is 16.2 Å². The fraction of sp³-hybridized carbons (Fsp3) is 0.400. The summed E-state index contributed by atoms with van der Waals surface area (Å²) < 4.78 is 5.49. The molecule has 132 valence electrons. The highest BCUT2D eigenvalue weighted by Crippen LogP contribution is 2.28. The molecule has 0 aromatic heterocycles. The Hall–Kier alpha value is -2.81. The van der Waals surface area contributed by atoms with Gasteiger partial charge in [0, 0.05) is 26.7 Å². The van der Waals surface area contributed by atoms with E-state index in [0.29, 0.717) is 19.6 Å². The molecule has 6 N–H and O–H groups in total. The van der Waals surface area contributed by atoms with Crippen molar-refractivity contribution in [2.24, 2.45) is 16.5 Å². The molecule has 0 aliphatic rings. The lowest BCUT2D eigenvalue weighted by Gasteiger charge is -2.15. The van der Waals surface area contributed by atoms with E-state index in [2.05, 4.69) is 10.4 Å². The third-order valence-electron chi connectivity index (χ3n) is 2.98. The van der Waals surface area contributed by atoms with Crippen molar-refractivity contribution in [3.8, 4) is 11.5 Å². The van der Waals surface area contributed by atoms with E-state index in [0.717, 1.165) is 6.42 Å². The van der Waals surface area contributed by atoms with Crippen LogP contribution in [0.2, 0.25) is 0 Å². The lowest BCUT2D eigenvalue weighted by Crippen LogP contribution is -2.36. The van der Waals surface area contributed by atoms with Gasteiger partial charge in [-0.25, -0.2) is 5.01 Å². The van der Waals surface area contributed by atoms with Gasteiger partial charge >= 0.3 is 0 Å². The summed E-state index contributed by atoms with van der Waals surface area (Å²) in [5.74, 6) is -1.49. The van der Waals surface area contributed by atoms with Crippen molar-refractivity contribution >= 4 is 18.2 Å². The number of hydrazine groups is 1. The second-order valence-corrected chi connectivity index (χ2v) is 5.18. The Labute approximate surface area is 140 Å². The summed E-state index contributed by atoms with van der Waals surface area (Å²) in [7, 11) is 3.24. The molecule has 24 heavy (non-hydrogen) atoms. The number of hydrogen-bond donors (Lipinski definition) is 4. The van der Waals surface area contributed by atoms with Crippen molar-refractivity contribution in [1.29, 1.82) is 0 Å². The minimum absolute atomic E-state index is 0.0247. The summed E-state index contributed by atoms with van der Waals surface area (Å²) in [6.07, 6.45) is 2.68. The molecule has 9 heteroatoms. The van der Waals surface area contributed by atoms with E-state index in [1.807, 2.05) is 0 Å². The Morgan fingerprint density at radius 1 is 1.33 bits per heavy atom. The first kappa shape index (κ1) is 19.2. The number of carbonyl (C=O) groups excluding carboxylic acids is 2. The molecule has 0 aliphatic heterocycles. The Balaban J connectivity index is 2.87. The van der Waals surface area contributed by atoms with Crippen LogP contribution >= 0.6 is 0 Å². The van der Waals surface area contributed by atoms with Gasteiger partial charge in [-0.3, -0.25) is 20.0 Å². The molecule has 0 heterocycles. The molecule has 0 bridgehead atoms. The second kappa shape index (κ2) is 9.36. The summed E-state index contributed by atoms with van der Waals surface area (Å²) in [6.45, 7) is 0.889. The van der Waals surface area contributed by atoms with Crippen molar-refractivity contribution in [2.45, 2.75) is 12.8 Å². The van der Waals surface area contributed by atoms with Gasteiger partial charge in [-0.15, -0.1) is 0 Å². The van der Waals surface area contributed by atoms with Crippen LogP contribution in [0.15, 0.2) is 17.1 Å². The van der Waals surface area contributed by atoms with Crippen LogP contribution in [0.1, 0.15) is 33.6 Å². The molecule has 0 unspecified atom stereocenters. The highest BCUT2D eigenvalue weighted by molar-refractivity contribution is 6.02. The predicted molar refractivity (Wildman–Crippen MR) is 90.1 cm³/mol. The average Bonchev–Trinajstić information content (AvgIpc) is 2.49. The summed E-state index contributed by atoms with van der Waals surface area (Å²) in [5, 5.41) is 11.4. The minimum Gasteiger partial charge on any atom is -0.507 e. The molecular formula is C15H23N5O4. The standard InChI is InChI=1S/C15H23N5O4/c1-20(2)19-15(23)10-7-11(14(17)22)13(8-12(10)21)24-6-4-3-5-18-9-16/h7-9,21H,3-6H2,1-2H3,(H2,16,18)(H2,17,22)(H,19,23). The molecule has 1 rings (SSSR count). The smallest absolute Gasteiger partial charge is 0.269 e. The Bertz CT molecular complexity index is 616. The number of nitrogens with two attached hydrogens (primary N) is 2. The lowest BCUT2D eigenvalue weighted by atomic mass is 10.1. The van der Waals surface area contributed by atoms with Crippen LogP contribution in [0.5, 0.6) is 11.5 Å². The Morgan fingerprint density at radius 3 is 2.62 bits per heavy atom. The van der Waals surface area contributed by atoms with Crippen LogP contribution in [0, 0.1) is 0 Å². The van der Waals surface area contributed by atoms with Crippen LogP contribution in [0.4, 0.5) is 0 Å². The average molecular weight is 337 g/mol. The Kier molecular flexibility index (Phi) is 7.50. The van der Waals surface area contributed by atoms with E-state index in [-0.39, 0.29) is 22.6 Å². The summed E-state index contributed by atoms with van der Waals surface area (Å²) in [4.78, 5) is 27.4. The number of ether oxygens (including phenoxy) is 1. The van der Waals surface area contributed by atoms with Crippen LogP contribution in [0.25, 0.3) is 0 Å². The SMILES string of the molecule is CN(C)NC(=O)c1cc(C(N)=O)c(OCCCCN=CN)cc1O. The van der Waals surface area contributed by atoms with Crippen LogP contribution < -0.4 is 21.6 Å². The van der Waals surface area contributed by atoms with Gasteiger partial charge in [0.2, 0.25) is 0 Å². The largest absolute Gasteiger partial charge is 0.507 e. The van der Waals surface area contributed by atoms with Gasteiger partial charge in [0.05, 0.1) is 24.1 Å². The molecular weight excluding hydrogens is 314 g/mol. The number of phenolic OH excluding ortho intramolecular Hbond substituents is 1. The number of nitrogens with one attached hydrogen (secondary N) is 1. The molecule has 0 saturated heterocycles. The number of rotatable bonds is 9. The fourth-order valence-electron chi connectivity index (χ4n) is 1.89. The van der Waals surface area contributed by atoms with Gasteiger partial charge < -0.3 is 21.3 Å². The number of unbranched alkanes of at least 4 members (excludes halogenated alkanes) is 1. The van der Waals surface area contributed by atoms with Crippen molar-refractivity contribution < 1.29 is 19.4 Å². The Morgan fingerprint density at radius 2 is 2.04 bits per heavy atom. The molecule has 0 radical (unpaired) electrons. The third-order valence-corrected chi connectivity index (χ3v) is 2.98. The number of amides is 2. The first-order chi connectivity index (χ1) is 11.4. The quantitative estimate of drug-likeness (QED) is 0.213. The number of aliphatic imine (C=N–C) groups is 1. The number of benzene rings is 1. The van der Waals surface area contributed by atoms with Crippen molar-refractivity contribution in [2.75, 3.05) is 27.2 Å². The van der Waals surface area contributed by atoms with E-state index >= 15 is 0 Å². The van der Waals surface area contributed by atoms with Crippen LogP contribution in [-0.2, 0) is 0 Å². The van der Waals surface area contributed by atoms with Gasteiger partial charge in [0.15, 0.2) is 0 Å². The maximum atomic E-state index is 12.0. The monoisotopic (exact) mass is 337 g/mol. The zero-order valence-corrected chi connectivity index (χ0v) is 13.8. The van der Waals surface area contributed by atoms with Gasteiger partial charge in [-0.05, 0) is 18.9 Å². The molecule has 0 fully saturated rings. The normalized spacial score (nSPS) is 11.0. The number of nitrogens with zero attached hydrogens (tertiary/aromatic N) is 2. The maximum absolute atomic E-state index is 12.0. The first-order valence-corrected chi connectivity index (χ1v) is 7.34. The van der Waals surface area contributed by atoms with Gasteiger partial charge in [-0.2, -0.15) is 0 Å². The zero-order chi connectivity index (χ0) is 18.1. The highest BCUT2D eigenvalue weighted by atomic mass is 16.5. The molecule has 9 nitrogen and oxygen atoms in total. The van der Waals surface area contributed by atoms with Crippen molar-refractivity contribution in [3.05, 3.63) is 23.3 Å². The molecule has 2 amide bonds. The molecule has 1 aromatic carbocycles. The second-order valence-electron chi connectivity index (χ2n) is 5.18. The first-order valence-electron chi connectivity index (χ1n) is 7.34. The highest BCUT2D eigenvalue weighted by Gasteiger charge is 2.19. The lowest BCUT2D eigenvalue weighted by molar-refractivity contribution is 0.0854. The number of phenols is 1. The molecule has 1 aromatic rings. The summed E-state index contributed by atoms with van der Waals surface area (Å²) in [6, 6.07) is 2.42. The fourth-order valence-corrected chi connectivity index (χ4v) is 1.89. The third kappa shape index (κ3) is 5.76. The number of aromatic hydroxyl groups is 1. The van der Waals surface area contributed by atoms with Gasteiger partial charge in [0.25, 0.3) is 11.8 Å². The molecule has 0 aliphatic carbocycles. The predicted octanol–water partition coefficient (Wildman–Crippen LogP) is -0.156. The molecule has 0 saturated carbocycles. The summed E-state index contributed by atoms with van der Waals surface area (Å²) in [5.41, 5.74) is 12.9. The number of primary amides is 1. The molecule has 0 spiro atoms. The molecule has 0 atom stereocenters. The maximum Gasteiger partial charge on any atom is 0.269 e. The number of hydrogen-bond acceptors (Lipinski definition) is 6. The van der Waals surface area contributed by atoms with E-state index < -0.39 is 11.8 Å². The van der Waals surface area contributed by atoms with Crippen LogP contribution in [-0.4, -0.2) is 55.5 Å². The van der Waals surface area contributed by atoms with Gasteiger partial charge in [-0.1, -0.05) is 0 Å². The number of carbonyl (C=O) groups is 2. The van der Waals surface area contributed by atoms with E-state index in [1.165, 1.54) is 23.5 Å². The topological polar surface area (TPSA) is 143 Å². The summed E-state index contributed by atoms with van der Waals surface area (Å²) >= 11 is 0. The zero-order valence-electron chi connectivity index (χ0n) is 13.8.